The Hall–Kier alpha value is -2.34. The molecule has 0 saturated heterocycles. The van der Waals surface area contributed by atoms with Crippen LogP contribution in [0.4, 0.5) is 5.13 Å². The summed E-state index contributed by atoms with van der Waals surface area (Å²) >= 11 is 13.3. The summed E-state index contributed by atoms with van der Waals surface area (Å²) in [6, 6.07) is 12.7. The Kier molecular flexibility index (Phi) is 5.93. The Morgan fingerprint density at radius 1 is 1.23 bits per heavy atom. The zero-order chi connectivity index (χ0) is 18.5. The first-order chi connectivity index (χ1) is 12.6. The number of methoxy groups -OCH3 is 1. The van der Waals surface area contributed by atoms with Crippen LogP contribution in [0.15, 0.2) is 53.9 Å². The van der Waals surface area contributed by atoms with E-state index < -0.39 is 0 Å². The second-order valence-electron chi connectivity index (χ2n) is 5.23. The van der Waals surface area contributed by atoms with Crippen molar-refractivity contribution in [3.63, 3.8) is 0 Å². The number of nitrogens with one attached hydrogen (secondary N) is 1. The van der Waals surface area contributed by atoms with Crippen molar-refractivity contribution in [1.29, 1.82) is 0 Å². The van der Waals surface area contributed by atoms with Crippen LogP contribution in [0.3, 0.4) is 0 Å². The average molecular weight is 405 g/mol. The van der Waals surface area contributed by atoms with Crippen molar-refractivity contribution in [1.82, 2.24) is 4.98 Å². The van der Waals surface area contributed by atoms with Gasteiger partial charge < -0.3 is 4.74 Å². The van der Waals surface area contributed by atoms with E-state index in [1.54, 1.807) is 31.4 Å². The molecular weight excluding hydrogens is 391 g/mol. The van der Waals surface area contributed by atoms with Crippen LogP contribution in [0.1, 0.15) is 5.56 Å². The smallest absolute Gasteiger partial charge is 0.250 e. The third-order valence-electron chi connectivity index (χ3n) is 3.49. The number of ether oxygens (including phenoxy) is 1. The van der Waals surface area contributed by atoms with E-state index in [4.69, 9.17) is 27.9 Å². The zero-order valence-corrected chi connectivity index (χ0v) is 16.0. The summed E-state index contributed by atoms with van der Waals surface area (Å²) in [6.07, 6.45) is 3.03. The van der Waals surface area contributed by atoms with Gasteiger partial charge in [0, 0.05) is 27.1 Å². The number of halogens is 2. The van der Waals surface area contributed by atoms with Crippen molar-refractivity contribution in [3.8, 4) is 17.0 Å². The minimum atomic E-state index is -0.294. The fourth-order valence-electron chi connectivity index (χ4n) is 2.26. The summed E-state index contributed by atoms with van der Waals surface area (Å²) in [4.78, 5) is 16.6. The van der Waals surface area contributed by atoms with Crippen LogP contribution in [-0.4, -0.2) is 18.0 Å². The average Bonchev–Trinajstić information content (AvgIpc) is 3.09. The molecule has 0 saturated carbocycles. The van der Waals surface area contributed by atoms with Crippen molar-refractivity contribution >= 4 is 51.7 Å². The summed E-state index contributed by atoms with van der Waals surface area (Å²) in [6.45, 7) is 0. The highest BCUT2D eigenvalue weighted by Gasteiger charge is 2.10. The maximum Gasteiger partial charge on any atom is 0.250 e. The molecule has 3 aromatic rings. The number of nitrogens with zero attached hydrogens (tertiary/aromatic N) is 1. The van der Waals surface area contributed by atoms with Crippen LogP contribution in [0, 0.1) is 0 Å². The molecule has 3 rings (SSSR count). The van der Waals surface area contributed by atoms with Gasteiger partial charge in [0.1, 0.15) is 5.75 Å². The van der Waals surface area contributed by atoms with Crippen LogP contribution in [0.25, 0.3) is 17.3 Å². The highest BCUT2D eigenvalue weighted by atomic mass is 35.5. The zero-order valence-electron chi connectivity index (χ0n) is 13.7. The number of rotatable bonds is 5. The third-order valence-corrected chi connectivity index (χ3v) is 4.81. The van der Waals surface area contributed by atoms with Gasteiger partial charge in [0.15, 0.2) is 5.13 Å². The molecule has 0 radical (unpaired) electrons. The molecule has 4 nitrogen and oxygen atoms in total. The first-order valence-corrected chi connectivity index (χ1v) is 9.23. The van der Waals surface area contributed by atoms with Crippen molar-refractivity contribution in [2.75, 3.05) is 12.4 Å². The van der Waals surface area contributed by atoms with Crippen molar-refractivity contribution < 1.29 is 9.53 Å². The number of benzene rings is 2. The van der Waals surface area contributed by atoms with Crippen LogP contribution in [0.5, 0.6) is 5.75 Å². The largest absolute Gasteiger partial charge is 0.496 e. The predicted molar refractivity (Wildman–Crippen MR) is 108 cm³/mol. The lowest BCUT2D eigenvalue weighted by atomic mass is 10.1. The molecule has 0 fully saturated rings. The Morgan fingerprint density at radius 3 is 2.81 bits per heavy atom. The molecule has 132 valence electrons. The van der Waals surface area contributed by atoms with Gasteiger partial charge in [0.05, 0.1) is 12.8 Å². The molecular formula is C19H14Cl2N2O2S. The molecule has 0 aliphatic carbocycles. The van der Waals surface area contributed by atoms with E-state index >= 15 is 0 Å². The SMILES string of the molecule is COc1ccccc1-c1csc(NC(=O)/C=C/c2ccc(Cl)cc2Cl)n1. The Bertz CT molecular complexity index is 970. The lowest BCUT2D eigenvalue weighted by Crippen LogP contribution is -2.07. The van der Waals surface area contributed by atoms with Crippen molar-refractivity contribution in [2.24, 2.45) is 0 Å². The molecule has 0 aliphatic rings. The van der Waals surface area contributed by atoms with E-state index in [2.05, 4.69) is 10.3 Å². The molecule has 0 spiro atoms. The van der Waals surface area contributed by atoms with Crippen molar-refractivity contribution in [2.45, 2.75) is 0 Å². The number of carbonyl (C=O) groups is 1. The van der Waals surface area contributed by atoms with Gasteiger partial charge in [-0.2, -0.15) is 0 Å². The first-order valence-electron chi connectivity index (χ1n) is 7.60. The van der Waals surface area contributed by atoms with Crippen LogP contribution >= 0.6 is 34.5 Å². The van der Waals surface area contributed by atoms with E-state index in [9.17, 15) is 4.79 Å². The van der Waals surface area contributed by atoms with Crippen molar-refractivity contribution in [3.05, 3.63) is 69.5 Å². The maximum atomic E-state index is 12.1. The molecule has 1 N–H and O–H groups in total. The van der Waals surface area contributed by atoms with E-state index in [0.29, 0.717) is 20.7 Å². The number of anilines is 1. The summed E-state index contributed by atoms with van der Waals surface area (Å²) < 4.78 is 5.34. The van der Waals surface area contributed by atoms with Gasteiger partial charge in [-0.15, -0.1) is 11.3 Å². The number of para-hydroxylation sites is 1. The molecule has 1 heterocycles. The van der Waals surface area contributed by atoms with Gasteiger partial charge in [-0.25, -0.2) is 4.98 Å². The van der Waals surface area contributed by atoms with Gasteiger partial charge in [0.25, 0.3) is 0 Å². The van der Waals surface area contributed by atoms with Crippen LogP contribution in [0.2, 0.25) is 10.0 Å². The molecule has 1 aromatic heterocycles. The Morgan fingerprint density at radius 2 is 2.04 bits per heavy atom. The van der Waals surface area contributed by atoms with Gasteiger partial charge in [0.2, 0.25) is 5.91 Å². The number of hydrogen-bond acceptors (Lipinski definition) is 4. The third kappa shape index (κ3) is 4.43. The molecule has 2 aromatic carbocycles. The lowest BCUT2D eigenvalue weighted by molar-refractivity contribution is -0.111. The minimum absolute atomic E-state index is 0.294. The van der Waals surface area contributed by atoms with Gasteiger partial charge in [-0.3, -0.25) is 10.1 Å². The topological polar surface area (TPSA) is 51.2 Å². The number of thiazole rings is 1. The van der Waals surface area contributed by atoms with Gasteiger partial charge in [-0.1, -0.05) is 41.4 Å². The quantitative estimate of drug-likeness (QED) is 0.548. The monoisotopic (exact) mass is 404 g/mol. The molecule has 0 unspecified atom stereocenters. The highest BCUT2D eigenvalue weighted by Crippen LogP contribution is 2.31. The summed E-state index contributed by atoms with van der Waals surface area (Å²) in [5.74, 6) is 0.435. The maximum absolute atomic E-state index is 12.1. The normalized spacial score (nSPS) is 10.9. The Balaban J connectivity index is 1.71. The van der Waals surface area contributed by atoms with Gasteiger partial charge >= 0.3 is 0 Å². The predicted octanol–water partition coefficient (Wildman–Crippen LogP) is 5.78. The number of hydrogen-bond donors (Lipinski definition) is 1. The molecule has 0 bridgehead atoms. The first kappa shape index (κ1) is 18.5. The van der Waals surface area contributed by atoms with E-state index in [0.717, 1.165) is 17.0 Å². The molecule has 1 amide bonds. The Labute approximate surface area is 165 Å². The summed E-state index contributed by atoms with van der Waals surface area (Å²) in [7, 11) is 1.61. The summed E-state index contributed by atoms with van der Waals surface area (Å²) in [5, 5.41) is 6.14. The molecule has 0 atom stereocenters. The van der Waals surface area contributed by atoms with Crippen LogP contribution in [-0.2, 0) is 4.79 Å². The second-order valence-corrected chi connectivity index (χ2v) is 6.93. The lowest BCUT2D eigenvalue weighted by Gasteiger charge is -2.04. The van der Waals surface area contributed by atoms with E-state index in [1.165, 1.54) is 17.4 Å². The highest BCUT2D eigenvalue weighted by molar-refractivity contribution is 7.14. The van der Waals surface area contributed by atoms with Crippen LogP contribution < -0.4 is 10.1 Å². The number of amides is 1. The standard InChI is InChI=1S/C19H14Cl2N2O2S/c1-25-17-5-3-2-4-14(17)16-11-26-19(22-16)23-18(24)9-7-12-6-8-13(20)10-15(12)21/h2-11H,1H3,(H,22,23,24)/b9-7+. The minimum Gasteiger partial charge on any atom is -0.496 e. The second kappa shape index (κ2) is 8.36. The van der Waals surface area contributed by atoms with Gasteiger partial charge in [-0.05, 0) is 35.9 Å². The molecule has 26 heavy (non-hydrogen) atoms. The van der Waals surface area contributed by atoms with E-state index in [1.807, 2.05) is 29.6 Å². The summed E-state index contributed by atoms with van der Waals surface area (Å²) in [5.41, 5.74) is 2.32. The fourth-order valence-corrected chi connectivity index (χ4v) is 3.45. The fraction of sp³-hybridized carbons (Fsp3) is 0.0526. The molecule has 7 heteroatoms. The van der Waals surface area contributed by atoms with E-state index in [-0.39, 0.29) is 5.91 Å². The number of aromatic nitrogens is 1. The number of carbonyl (C=O) groups excluding carboxylic acids is 1. The molecule has 0 aliphatic heterocycles.